The molecular weight excluding hydrogens is 380 g/mol. The van der Waals surface area contributed by atoms with Crippen LogP contribution in [0.1, 0.15) is 10.4 Å². The number of aromatic carboxylic acids is 1. The van der Waals surface area contributed by atoms with Crippen molar-refractivity contribution in [2.45, 2.75) is 0 Å². The highest BCUT2D eigenvalue weighted by Crippen LogP contribution is 2.32. The predicted molar refractivity (Wildman–Crippen MR) is 119 cm³/mol. The van der Waals surface area contributed by atoms with Crippen LogP contribution in [-0.2, 0) is 0 Å². The molecule has 5 N–H and O–H groups in total. The number of H-pyrrole nitrogens is 1. The van der Waals surface area contributed by atoms with Crippen molar-refractivity contribution in [3.05, 3.63) is 78.4 Å². The minimum Gasteiger partial charge on any atom is -0.508 e. The van der Waals surface area contributed by atoms with Crippen molar-refractivity contribution in [3.63, 3.8) is 0 Å². The molecule has 0 saturated carbocycles. The van der Waals surface area contributed by atoms with E-state index in [1.54, 1.807) is 18.2 Å². The number of nitrogen functional groups attached to an aromatic ring is 1. The second-order valence-corrected chi connectivity index (χ2v) is 6.80. The summed E-state index contributed by atoms with van der Waals surface area (Å²) in [6.45, 7) is 0. The molecule has 0 aliphatic rings. The van der Waals surface area contributed by atoms with Crippen LogP contribution in [0.5, 0.6) is 11.5 Å². The van der Waals surface area contributed by atoms with Gasteiger partial charge in [-0.2, -0.15) is 0 Å². The molecule has 0 spiro atoms. The van der Waals surface area contributed by atoms with Gasteiger partial charge in [0.15, 0.2) is 5.75 Å². The summed E-state index contributed by atoms with van der Waals surface area (Å²) in [6, 6.07) is 22.6. The van der Waals surface area contributed by atoms with E-state index in [1.807, 2.05) is 24.3 Å². The molecule has 0 atom stereocenters. The third-order valence-corrected chi connectivity index (χ3v) is 4.96. The van der Waals surface area contributed by atoms with E-state index in [-0.39, 0.29) is 11.3 Å². The first-order chi connectivity index (χ1) is 14.5. The number of ether oxygens (including phenoxy) is 1. The van der Waals surface area contributed by atoms with Crippen molar-refractivity contribution >= 4 is 44.2 Å². The Labute approximate surface area is 172 Å². The summed E-state index contributed by atoms with van der Waals surface area (Å²) in [5.41, 5.74) is 8.11. The minimum atomic E-state index is -1.04. The molecule has 5 rings (SSSR count). The van der Waals surface area contributed by atoms with Crippen molar-refractivity contribution < 1.29 is 19.7 Å². The molecule has 0 aliphatic heterocycles. The zero-order chi connectivity index (χ0) is 21.3. The zero-order valence-electron chi connectivity index (χ0n) is 16.2. The average molecular weight is 400 g/mol. The van der Waals surface area contributed by atoms with E-state index in [9.17, 15) is 9.90 Å². The van der Waals surface area contributed by atoms with Gasteiger partial charge < -0.3 is 25.7 Å². The number of aromatic amines is 1. The van der Waals surface area contributed by atoms with Crippen LogP contribution in [0.15, 0.2) is 72.8 Å². The monoisotopic (exact) mass is 400 g/mol. The smallest absolute Gasteiger partial charge is 0.339 e. The van der Waals surface area contributed by atoms with E-state index >= 15 is 0 Å². The number of phenolic OH excluding ortho intramolecular Hbond substituents is 1. The minimum absolute atomic E-state index is 0.0810. The molecule has 1 heterocycles. The topological polar surface area (TPSA) is 109 Å². The molecule has 0 bridgehead atoms. The number of hydrogen-bond donors (Lipinski definition) is 4. The summed E-state index contributed by atoms with van der Waals surface area (Å²) in [6.07, 6.45) is 0. The van der Waals surface area contributed by atoms with Crippen molar-refractivity contribution in [1.29, 1.82) is 0 Å². The first kappa shape index (κ1) is 19.1. The number of rotatable bonds is 2. The van der Waals surface area contributed by atoms with Gasteiger partial charge in [-0.1, -0.05) is 42.5 Å². The Morgan fingerprint density at radius 1 is 0.933 bits per heavy atom. The number of nitrogens with one attached hydrogen (secondary N) is 1. The van der Waals surface area contributed by atoms with Crippen molar-refractivity contribution in [2.75, 3.05) is 12.8 Å². The van der Waals surface area contributed by atoms with E-state index in [2.05, 4.69) is 29.2 Å². The SMILES string of the molecule is COc1c(N)cccc1C(=O)O.Oc1ccc2ccc3c4ccccc4[nH]c3c2c1. The van der Waals surface area contributed by atoms with Crippen LogP contribution in [0.25, 0.3) is 32.6 Å². The van der Waals surface area contributed by atoms with E-state index in [0.717, 1.165) is 21.8 Å². The lowest BCUT2D eigenvalue weighted by atomic mass is 10.1. The fourth-order valence-corrected chi connectivity index (χ4v) is 3.58. The number of aromatic nitrogens is 1. The Morgan fingerprint density at radius 2 is 1.70 bits per heavy atom. The summed E-state index contributed by atoms with van der Waals surface area (Å²) < 4.78 is 4.83. The number of anilines is 1. The largest absolute Gasteiger partial charge is 0.508 e. The van der Waals surface area contributed by atoms with Gasteiger partial charge in [-0.15, -0.1) is 0 Å². The lowest BCUT2D eigenvalue weighted by Crippen LogP contribution is -2.02. The first-order valence-corrected chi connectivity index (χ1v) is 9.27. The van der Waals surface area contributed by atoms with Crippen LogP contribution in [0.3, 0.4) is 0 Å². The number of para-hydroxylation sites is 2. The maximum Gasteiger partial charge on any atom is 0.339 e. The molecule has 0 radical (unpaired) electrons. The highest BCUT2D eigenvalue weighted by Gasteiger charge is 2.12. The van der Waals surface area contributed by atoms with Crippen LogP contribution in [0, 0.1) is 0 Å². The fraction of sp³-hybridized carbons (Fsp3) is 0.0417. The molecule has 6 nitrogen and oxygen atoms in total. The Balaban J connectivity index is 0.000000159. The molecule has 1 aromatic heterocycles. The fourth-order valence-electron chi connectivity index (χ4n) is 3.58. The normalized spacial score (nSPS) is 10.7. The molecule has 0 saturated heterocycles. The summed E-state index contributed by atoms with van der Waals surface area (Å²) in [4.78, 5) is 14.0. The van der Waals surface area contributed by atoms with E-state index < -0.39 is 5.97 Å². The molecule has 0 amide bonds. The van der Waals surface area contributed by atoms with E-state index in [4.69, 9.17) is 15.6 Å². The van der Waals surface area contributed by atoms with Gasteiger partial charge in [0.1, 0.15) is 11.3 Å². The number of fused-ring (bicyclic) bond motifs is 5. The summed E-state index contributed by atoms with van der Waals surface area (Å²) >= 11 is 0. The molecule has 0 fully saturated rings. The number of phenols is 1. The molecular formula is C24H20N2O4. The average Bonchev–Trinajstić information content (AvgIpc) is 3.13. The van der Waals surface area contributed by atoms with Gasteiger partial charge in [0.05, 0.1) is 18.3 Å². The van der Waals surface area contributed by atoms with Gasteiger partial charge >= 0.3 is 5.97 Å². The second-order valence-electron chi connectivity index (χ2n) is 6.80. The number of aromatic hydroxyl groups is 1. The Morgan fingerprint density at radius 3 is 2.43 bits per heavy atom. The van der Waals surface area contributed by atoms with Crippen molar-refractivity contribution in [2.24, 2.45) is 0 Å². The van der Waals surface area contributed by atoms with Crippen LogP contribution in [-0.4, -0.2) is 28.3 Å². The highest BCUT2D eigenvalue weighted by atomic mass is 16.5. The van der Waals surface area contributed by atoms with Crippen LogP contribution in [0.4, 0.5) is 5.69 Å². The Hall–Kier alpha value is -4.19. The zero-order valence-corrected chi connectivity index (χ0v) is 16.2. The number of nitrogens with two attached hydrogens (primary N) is 1. The summed E-state index contributed by atoms with van der Waals surface area (Å²) in [7, 11) is 1.39. The molecule has 6 heteroatoms. The highest BCUT2D eigenvalue weighted by molar-refractivity contribution is 6.17. The molecule has 30 heavy (non-hydrogen) atoms. The molecule has 150 valence electrons. The second kappa shape index (κ2) is 7.67. The van der Waals surface area contributed by atoms with Gasteiger partial charge in [-0.3, -0.25) is 0 Å². The number of hydrogen-bond acceptors (Lipinski definition) is 4. The number of carboxylic acids is 1. The quantitative estimate of drug-likeness (QED) is 0.306. The van der Waals surface area contributed by atoms with Gasteiger partial charge in [0.25, 0.3) is 0 Å². The number of carboxylic acid groups (broad SMARTS) is 1. The lowest BCUT2D eigenvalue weighted by molar-refractivity contribution is 0.0693. The van der Waals surface area contributed by atoms with Gasteiger partial charge in [-0.05, 0) is 35.7 Å². The van der Waals surface area contributed by atoms with Gasteiger partial charge in [0, 0.05) is 21.7 Å². The number of methoxy groups -OCH3 is 1. The summed E-state index contributed by atoms with van der Waals surface area (Å²) in [5.74, 6) is -0.530. The number of carbonyl (C=O) groups is 1. The third-order valence-electron chi connectivity index (χ3n) is 4.96. The maximum atomic E-state index is 10.6. The lowest BCUT2D eigenvalue weighted by Gasteiger charge is -2.06. The Kier molecular flexibility index (Phi) is 4.90. The molecule has 0 unspecified atom stereocenters. The van der Waals surface area contributed by atoms with Crippen LogP contribution < -0.4 is 10.5 Å². The van der Waals surface area contributed by atoms with Crippen molar-refractivity contribution in [3.8, 4) is 11.5 Å². The predicted octanol–water partition coefficient (Wildman–Crippen LogP) is 5.16. The van der Waals surface area contributed by atoms with Crippen molar-refractivity contribution in [1.82, 2.24) is 4.98 Å². The van der Waals surface area contributed by atoms with Gasteiger partial charge in [-0.25, -0.2) is 4.79 Å². The number of benzene rings is 4. The standard InChI is InChI=1S/C16H11NO.C8H9NO3/c18-11-7-5-10-6-8-13-12-3-1-2-4-15(12)17-16(13)14(10)9-11;1-12-7-5(8(10)11)3-2-4-6(7)9/h1-9,17-18H;2-4H,9H2,1H3,(H,10,11). The maximum absolute atomic E-state index is 10.6. The third kappa shape index (κ3) is 3.35. The Bertz CT molecular complexity index is 1390. The van der Waals surface area contributed by atoms with E-state index in [0.29, 0.717) is 11.4 Å². The molecule has 4 aromatic carbocycles. The first-order valence-electron chi connectivity index (χ1n) is 9.27. The summed E-state index contributed by atoms with van der Waals surface area (Å²) in [5, 5.41) is 22.9. The van der Waals surface area contributed by atoms with Gasteiger partial charge in [0.2, 0.25) is 0 Å². The van der Waals surface area contributed by atoms with E-state index in [1.165, 1.54) is 23.9 Å². The molecule has 5 aromatic rings. The van der Waals surface area contributed by atoms with Crippen LogP contribution in [0.2, 0.25) is 0 Å². The van der Waals surface area contributed by atoms with Crippen LogP contribution >= 0.6 is 0 Å². The molecule has 0 aliphatic carbocycles.